The van der Waals surface area contributed by atoms with Gasteiger partial charge < -0.3 is 10.4 Å². The van der Waals surface area contributed by atoms with E-state index < -0.39 is 23.3 Å². The van der Waals surface area contributed by atoms with Crippen LogP contribution in [0.4, 0.5) is 8.78 Å². The van der Waals surface area contributed by atoms with Crippen molar-refractivity contribution in [1.29, 1.82) is 0 Å². The maximum absolute atomic E-state index is 13.7. The number of benzene rings is 1. The molecule has 0 aliphatic heterocycles. The van der Waals surface area contributed by atoms with Gasteiger partial charge in [0, 0.05) is 19.0 Å². The molecule has 134 valence electrons. The topological polar surface area (TPSA) is 67.2 Å². The number of hydrogen-bond acceptors (Lipinski definition) is 3. The van der Waals surface area contributed by atoms with Crippen LogP contribution in [-0.4, -0.2) is 27.3 Å². The fourth-order valence-electron chi connectivity index (χ4n) is 2.96. The first-order valence-corrected chi connectivity index (χ1v) is 8.48. The molecule has 25 heavy (non-hydrogen) atoms. The minimum absolute atomic E-state index is 0.278. The van der Waals surface area contributed by atoms with E-state index >= 15 is 0 Å². The maximum Gasteiger partial charge on any atom is 0.254 e. The summed E-state index contributed by atoms with van der Waals surface area (Å²) in [7, 11) is 0. The lowest BCUT2D eigenvalue weighted by atomic mass is 10.1. The Labute approximate surface area is 144 Å². The van der Waals surface area contributed by atoms with E-state index in [1.54, 1.807) is 0 Å². The van der Waals surface area contributed by atoms with Crippen LogP contribution in [0, 0.1) is 11.6 Å². The van der Waals surface area contributed by atoms with Crippen LogP contribution >= 0.6 is 0 Å². The van der Waals surface area contributed by atoms with E-state index in [4.69, 9.17) is 0 Å². The molecule has 3 rings (SSSR count). The Hall–Kier alpha value is -2.28. The highest BCUT2D eigenvalue weighted by molar-refractivity contribution is 5.95. The Morgan fingerprint density at radius 3 is 2.68 bits per heavy atom. The van der Waals surface area contributed by atoms with E-state index in [9.17, 15) is 18.7 Å². The molecular formula is C18H21F2N3O2. The SMILES string of the molecule is CCCn1ncc(C(=O)NCC(O)c2c(F)cccc2F)c1C1CC1. The summed E-state index contributed by atoms with van der Waals surface area (Å²) in [6, 6.07) is 3.37. The second-order valence-electron chi connectivity index (χ2n) is 6.30. The van der Waals surface area contributed by atoms with Gasteiger partial charge in [0.2, 0.25) is 0 Å². The van der Waals surface area contributed by atoms with Gasteiger partial charge in [-0.05, 0) is 31.4 Å². The Bertz CT molecular complexity index is 751. The van der Waals surface area contributed by atoms with Gasteiger partial charge in [-0.2, -0.15) is 5.10 Å². The number of carbonyl (C=O) groups excluding carboxylic acids is 1. The predicted octanol–water partition coefficient (Wildman–Crippen LogP) is 2.91. The van der Waals surface area contributed by atoms with Crippen LogP contribution in [0.5, 0.6) is 0 Å². The molecule has 1 atom stereocenters. The third-order valence-electron chi connectivity index (χ3n) is 4.31. The number of carbonyl (C=O) groups is 1. The number of aliphatic hydroxyl groups is 1. The number of hydrogen-bond donors (Lipinski definition) is 2. The van der Waals surface area contributed by atoms with Gasteiger partial charge in [-0.1, -0.05) is 13.0 Å². The number of aromatic nitrogens is 2. The van der Waals surface area contributed by atoms with E-state index in [-0.39, 0.29) is 12.5 Å². The second-order valence-corrected chi connectivity index (χ2v) is 6.30. The molecule has 1 aliphatic carbocycles. The predicted molar refractivity (Wildman–Crippen MR) is 88.1 cm³/mol. The molecule has 1 heterocycles. The second kappa shape index (κ2) is 7.31. The Balaban J connectivity index is 1.71. The van der Waals surface area contributed by atoms with E-state index in [1.807, 2.05) is 11.6 Å². The fourth-order valence-corrected chi connectivity index (χ4v) is 2.96. The molecule has 7 heteroatoms. The van der Waals surface area contributed by atoms with Crippen LogP contribution in [0.15, 0.2) is 24.4 Å². The zero-order chi connectivity index (χ0) is 18.0. The lowest BCUT2D eigenvalue weighted by molar-refractivity contribution is 0.0910. The first-order valence-electron chi connectivity index (χ1n) is 8.48. The van der Waals surface area contributed by atoms with Crippen molar-refractivity contribution in [3.63, 3.8) is 0 Å². The molecule has 1 aliphatic rings. The molecular weight excluding hydrogens is 328 g/mol. The zero-order valence-electron chi connectivity index (χ0n) is 14.0. The molecule has 1 saturated carbocycles. The molecule has 5 nitrogen and oxygen atoms in total. The summed E-state index contributed by atoms with van der Waals surface area (Å²) in [5.41, 5.74) is 0.940. The summed E-state index contributed by atoms with van der Waals surface area (Å²) in [5.74, 6) is -1.73. The van der Waals surface area contributed by atoms with E-state index in [1.165, 1.54) is 12.3 Å². The quantitative estimate of drug-likeness (QED) is 0.808. The number of nitrogens with one attached hydrogen (secondary N) is 1. The van der Waals surface area contributed by atoms with Crippen molar-refractivity contribution >= 4 is 5.91 Å². The highest BCUT2D eigenvalue weighted by Crippen LogP contribution is 2.41. The third-order valence-corrected chi connectivity index (χ3v) is 4.31. The summed E-state index contributed by atoms with van der Waals surface area (Å²) in [6.45, 7) is 2.50. The van der Waals surface area contributed by atoms with Crippen LogP contribution in [0.2, 0.25) is 0 Å². The Morgan fingerprint density at radius 2 is 2.08 bits per heavy atom. The van der Waals surface area contributed by atoms with Gasteiger partial charge in [-0.3, -0.25) is 9.48 Å². The first-order chi connectivity index (χ1) is 12.0. The minimum atomic E-state index is -1.46. The van der Waals surface area contributed by atoms with E-state index in [0.717, 1.165) is 43.6 Å². The van der Waals surface area contributed by atoms with Crippen molar-refractivity contribution in [3.8, 4) is 0 Å². The average molecular weight is 349 g/mol. The van der Waals surface area contributed by atoms with Gasteiger partial charge in [0.1, 0.15) is 17.7 Å². The summed E-state index contributed by atoms with van der Waals surface area (Å²) in [6.07, 6.45) is 3.03. The van der Waals surface area contributed by atoms with Gasteiger partial charge >= 0.3 is 0 Å². The minimum Gasteiger partial charge on any atom is -0.386 e. The summed E-state index contributed by atoms with van der Waals surface area (Å²) in [5, 5.41) is 16.9. The number of aryl methyl sites for hydroxylation is 1. The molecule has 0 radical (unpaired) electrons. The van der Waals surface area contributed by atoms with Gasteiger partial charge in [-0.25, -0.2) is 8.78 Å². The van der Waals surface area contributed by atoms with Crippen molar-refractivity contribution in [3.05, 3.63) is 52.9 Å². The number of nitrogens with zero attached hydrogens (tertiary/aromatic N) is 2. The lowest BCUT2D eigenvalue weighted by Crippen LogP contribution is -2.29. The van der Waals surface area contributed by atoms with Crippen molar-refractivity contribution in [2.45, 2.75) is 44.8 Å². The molecule has 2 aromatic rings. The molecule has 1 aromatic carbocycles. The van der Waals surface area contributed by atoms with Gasteiger partial charge in [0.15, 0.2) is 0 Å². The highest BCUT2D eigenvalue weighted by Gasteiger charge is 2.32. The standard InChI is InChI=1S/C18H21F2N3O2/c1-2-8-23-17(11-6-7-11)12(9-22-23)18(25)21-10-15(24)16-13(19)4-3-5-14(16)20/h3-5,9,11,15,24H,2,6-8,10H2,1H3,(H,21,25). The van der Waals surface area contributed by atoms with E-state index in [2.05, 4.69) is 10.4 Å². The fraction of sp³-hybridized carbons (Fsp3) is 0.444. The molecule has 2 N–H and O–H groups in total. The lowest BCUT2D eigenvalue weighted by Gasteiger charge is -2.14. The average Bonchev–Trinajstić information content (AvgIpc) is 3.33. The van der Waals surface area contributed by atoms with Gasteiger partial charge in [0.05, 0.1) is 23.0 Å². The van der Waals surface area contributed by atoms with Crippen LogP contribution in [0.25, 0.3) is 0 Å². The summed E-state index contributed by atoms with van der Waals surface area (Å²) < 4.78 is 29.2. The van der Waals surface area contributed by atoms with Crippen LogP contribution in [0.1, 0.15) is 59.8 Å². The van der Waals surface area contributed by atoms with Gasteiger partial charge in [-0.15, -0.1) is 0 Å². The van der Waals surface area contributed by atoms with Crippen LogP contribution in [-0.2, 0) is 6.54 Å². The summed E-state index contributed by atoms with van der Waals surface area (Å²) >= 11 is 0. The monoisotopic (exact) mass is 349 g/mol. The van der Waals surface area contributed by atoms with Crippen molar-refractivity contribution in [1.82, 2.24) is 15.1 Å². The third kappa shape index (κ3) is 3.71. The van der Waals surface area contributed by atoms with Crippen LogP contribution < -0.4 is 5.32 Å². The zero-order valence-corrected chi connectivity index (χ0v) is 14.0. The normalized spacial score (nSPS) is 15.2. The molecule has 1 fully saturated rings. The number of halogens is 2. The molecule has 0 spiro atoms. The molecule has 0 bridgehead atoms. The Morgan fingerprint density at radius 1 is 1.40 bits per heavy atom. The Kier molecular flexibility index (Phi) is 5.13. The molecule has 1 aromatic heterocycles. The molecule has 1 amide bonds. The number of rotatable bonds is 7. The highest BCUT2D eigenvalue weighted by atomic mass is 19.1. The smallest absolute Gasteiger partial charge is 0.254 e. The molecule has 0 saturated heterocycles. The van der Waals surface area contributed by atoms with Crippen molar-refractivity contribution in [2.75, 3.05) is 6.54 Å². The maximum atomic E-state index is 13.7. The molecule has 1 unspecified atom stereocenters. The number of aliphatic hydroxyl groups excluding tert-OH is 1. The van der Waals surface area contributed by atoms with Gasteiger partial charge in [0.25, 0.3) is 5.91 Å². The number of amides is 1. The summed E-state index contributed by atoms with van der Waals surface area (Å²) in [4.78, 5) is 12.5. The van der Waals surface area contributed by atoms with E-state index in [0.29, 0.717) is 11.5 Å². The van der Waals surface area contributed by atoms with Crippen LogP contribution in [0.3, 0.4) is 0 Å². The first kappa shape index (κ1) is 17.5. The van der Waals surface area contributed by atoms with Crippen molar-refractivity contribution in [2.24, 2.45) is 0 Å². The van der Waals surface area contributed by atoms with Crippen molar-refractivity contribution < 1.29 is 18.7 Å². The largest absolute Gasteiger partial charge is 0.386 e.